The van der Waals surface area contributed by atoms with Gasteiger partial charge >= 0.3 is 5.97 Å². The van der Waals surface area contributed by atoms with Crippen molar-refractivity contribution in [2.75, 3.05) is 53.4 Å². The number of esters is 1. The van der Waals surface area contributed by atoms with Gasteiger partial charge in [-0.25, -0.2) is 0 Å². The summed E-state index contributed by atoms with van der Waals surface area (Å²) in [4.78, 5) is 16.8. The molecule has 1 saturated heterocycles. The summed E-state index contributed by atoms with van der Waals surface area (Å²) >= 11 is 0. The maximum Gasteiger partial charge on any atom is 0.325 e. The molecule has 1 aliphatic rings. The molecule has 5 heteroatoms. The van der Waals surface area contributed by atoms with Crippen molar-refractivity contribution >= 4 is 5.97 Å². The van der Waals surface area contributed by atoms with Crippen LogP contribution >= 0.6 is 0 Å². The smallest absolute Gasteiger partial charge is 0.325 e. The highest BCUT2D eigenvalue weighted by molar-refractivity contribution is 5.80. The molecule has 0 spiro atoms. The molecular weight excluding hydrogens is 254 g/mol. The lowest BCUT2D eigenvalue weighted by Crippen LogP contribution is -2.52. The number of rotatable bonds is 7. The van der Waals surface area contributed by atoms with Gasteiger partial charge in [0.05, 0.1) is 7.11 Å². The third-order valence-corrected chi connectivity index (χ3v) is 4.20. The first kappa shape index (κ1) is 17.4. The Kier molecular flexibility index (Phi) is 6.92. The van der Waals surface area contributed by atoms with E-state index < -0.39 is 5.54 Å². The summed E-state index contributed by atoms with van der Waals surface area (Å²) in [6.45, 7) is 13.0. The molecule has 1 unspecified atom stereocenters. The third kappa shape index (κ3) is 5.04. The van der Waals surface area contributed by atoms with Crippen molar-refractivity contribution in [1.29, 1.82) is 0 Å². The van der Waals surface area contributed by atoms with E-state index in [1.807, 2.05) is 14.0 Å². The van der Waals surface area contributed by atoms with Crippen LogP contribution < -0.4 is 5.32 Å². The van der Waals surface area contributed by atoms with Gasteiger partial charge in [0, 0.05) is 39.3 Å². The fourth-order valence-electron chi connectivity index (χ4n) is 2.65. The molecule has 0 saturated carbocycles. The number of likely N-dealkylation sites (N-methyl/N-ethyl adjacent to an activating group) is 1. The summed E-state index contributed by atoms with van der Waals surface area (Å²) in [7, 11) is 3.26. The van der Waals surface area contributed by atoms with Crippen molar-refractivity contribution in [3.8, 4) is 0 Å². The minimum absolute atomic E-state index is 0.182. The van der Waals surface area contributed by atoms with Crippen molar-refractivity contribution in [2.24, 2.45) is 5.92 Å². The molecule has 0 aliphatic carbocycles. The van der Waals surface area contributed by atoms with E-state index in [9.17, 15) is 4.79 Å². The Morgan fingerprint density at radius 2 is 1.80 bits per heavy atom. The fraction of sp³-hybridized carbons (Fsp3) is 0.933. The lowest BCUT2D eigenvalue weighted by atomic mass is 9.97. The normalized spacial score (nSPS) is 20.9. The highest BCUT2D eigenvalue weighted by Gasteiger charge is 2.33. The molecule has 0 amide bonds. The number of nitrogens with zero attached hydrogens (tertiary/aromatic N) is 2. The lowest BCUT2D eigenvalue weighted by Gasteiger charge is -2.37. The SMILES string of the molecule is CNC(C)(CCN1CCN(CC(C)C)CC1)C(=O)OC. The molecule has 0 radical (unpaired) electrons. The van der Waals surface area contributed by atoms with E-state index in [0.29, 0.717) is 0 Å². The average molecular weight is 285 g/mol. The van der Waals surface area contributed by atoms with E-state index in [2.05, 4.69) is 29.0 Å². The lowest BCUT2D eigenvalue weighted by molar-refractivity contribution is -0.148. The fourth-order valence-corrected chi connectivity index (χ4v) is 2.65. The Morgan fingerprint density at radius 3 is 2.25 bits per heavy atom. The maximum absolute atomic E-state index is 11.8. The van der Waals surface area contributed by atoms with Crippen LogP contribution in [0.2, 0.25) is 0 Å². The molecule has 20 heavy (non-hydrogen) atoms. The Balaban J connectivity index is 2.35. The van der Waals surface area contributed by atoms with Crippen molar-refractivity contribution < 1.29 is 9.53 Å². The highest BCUT2D eigenvalue weighted by atomic mass is 16.5. The number of nitrogens with one attached hydrogen (secondary N) is 1. The van der Waals surface area contributed by atoms with Crippen LogP contribution in [0.4, 0.5) is 0 Å². The van der Waals surface area contributed by atoms with Gasteiger partial charge in [-0.1, -0.05) is 13.8 Å². The largest absolute Gasteiger partial charge is 0.468 e. The van der Waals surface area contributed by atoms with Crippen molar-refractivity contribution in [1.82, 2.24) is 15.1 Å². The van der Waals surface area contributed by atoms with Gasteiger partial charge in [-0.2, -0.15) is 0 Å². The molecular formula is C15H31N3O2. The second kappa shape index (κ2) is 7.96. The van der Waals surface area contributed by atoms with Gasteiger partial charge in [0.2, 0.25) is 0 Å². The number of piperazine rings is 1. The molecule has 0 bridgehead atoms. The first-order valence-electron chi connectivity index (χ1n) is 7.63. The monoisotopic (exact) mass is 285 g/mol. The van der Waals surface area contributed by atoms with E-state index in [1.54, 1.807) is 0 Å². The van der Waals surface area contributed by atoms with Crippen LogP contribution in [-0.4, -0.2) is 74.7 Å². The molecule has 1 rings (SSSR count). The first-order valence-corrected chi connectivity index (χ1v) is 7.63. The Hall–Kier alpha value is -0.650. The molecule has 1 aliphatic heterocycles. The van der Waals surface area contributed by atoms with E-state index in [0.717, 1.165) is 45.1 Å². The molecule has 1 fully saturated rings. The minimum atomic E-state index is -0.580. The van der Waals surface area contributed by atoms with Crippen LogP contribution in [0.5, 0.6) is 0 Å². The maximum atomic E-state index is 11.8. The van der Waals surface area contributed by atoms with Gasteiger partial charge in [0.25, 0.3) is 0 Å². The van der Waals surface area contributed by atoms with Gasteiger partial charge in [-0.3, -0.25) is 4.79 Å². The topological polar surface area (TPSA) is 44.8 Å². The van der Waals surface area contributed by atoms with Crippen LogP contribution in [-0.2, 0) is 9.53 Å². The van der Waals surface area contributed by atoms with Crippen molar-refractivity contribution in [2.45, 2.75) is 32.7 Å². The van der Waals surface area contributed by atoms with Gasteiger partial charge in [0.1, 0.15) is 5.54 Å². The number of carbonyl (C=O) groups excluding carboxylic acids is 1. The number of carbonyl (C=O) groups is 1. The zero-order valence-electron chi connectivity index (χ0n) is 13.7. The van der Waals surface area contributed by atoms with Crippen LogP contribution in [0.3, 0.4) is 0 Å². The van der Waals surface area contributed by atoms with Crippen molar-refractivity contribution in [3.63, 3.8) is 0 Å². The number of ether oxygens (including phenoxy) is 1. The predicted molar refractivity (Wildman–Crippen MR) is 81.8 cm³/mol. The molecule has 0 aromatic rings. The summed E-state index contributed by atoms with van der Waals surface area (Å²) < 4.78 is 4.88. The summed E-state index contributed by atoms with van der Waals surface area (Å²) in [6, 6.07) is 0. The summed E-state index contributed by atoms with van der Waals surface area (Å²) in [5, 5.41) is 3.09. The second-order valence-electron chi connectivity index (χ2n) is 6.36. The molecule has 5 nitrogen and oxygen atoms in total. The van der Waals surface area contributed by atoms with Crippen molar-refractivity contribution in [3.05, 3.63) is 0 Å². The highest BCUT2D eigenvalue weighted by Crippen LogP contribution is 2.14. The first-order chi connectivity index (χ1) is 9.41. The zero-order valence-corrected chi connectivity index (χ0v) is 13.7. The number of hydrogen-bond acceptors (Lipinski definition) is 5. The quantitative estimate of drug-likeness (QED) is 0.701. The standard InChI is InChI=1S/C15H31N3O2/c1-13(2)12-18-10-8-17(9-11-18)7-6-15(3,16-4)14(19)20-5/h13,16H,6-12H2,1-5H3. The molecule has 1 heterocycles. The number of methoxy groups -OCH3 is 1. The van der Waals surface area contributed by atoms with E-state index in [1.165, 1.54) is 13.7 Å². The zero-order chi connectivity index (χ0) is 15.2. The van der Waals surface area contributed by atoms with E-state index in [4.69, 9.17) is 4.74 Å². The molecule has 0 aromatic carbocycles. The Morgan fingerprint density at radius 1 is 1.25 bits per heavy atom. The molecule has 1 atom stereocenters. The average Bonchev–Trinajstić information content (AvgIpc) is 2.44. The van der Waals surface area contributed by atoms with Gasteiger partial charge in [-0.15, -0.1) is 0 Å². The number of hydrogen-bond donors (Lipinski definition) is 1. The van der Waals surface area contributed by atoms with Gasteiger partial charge < -0.3 is 19.9 Å². The van der Waals surface area contributed by atoms with Crippen LogP contribution in [0.15, 0.2) is 0 Å². The predicted octanol–water partition coefficient (Wildman–Crippen LogP) is 0.801. The van der Waals surface area contributed by atoms with E-state index >= 15 is 0 Å². The Labute approximate surface area is 123 Å². The summed E-state index contributed by atoms with van der Waals surface area (Å²) in [5.74, 6) is 0.548. The van der Waals surface area contributed by atoms with Gasteiger partial charge in [0.15, 0.2) is 0 Å². The summed E-state index contributed by atoms with van der Waals surface area (Å²) in [5.41, 5.74) is -0.580. The van der Waals surface area contributed by atoms with Crippen LogP contribution in [0.25, 0.3) is 0 Å². The minimum Gasteiger partial charge on any atom is -0.468 e. The van der Waals surface area contributed by atoms with Crippen LogP contribution in [0.1, 0.15) is 27.2 Å². The van der Waals surface area contributed by atoms with E-state index in [-0.39, 0.29) is 5.97 Å². The van der Waals surface area contributed by atoms with Crippen LogP contribution in [0, 0.1) is 5.92 Å². The van der Waals surface area contributed by atoms with Gasteiger partial charge in [-0.05, 0) is 26.3 Å². The molecule has 0 aromatic heterocycles. The third-order valence-electron chi connectivity index (χ3n) is 4.20. The molecule has 118 valence electrons. The summed E-state index contributed by atoms with van der Waals surface area (Å²) in [6.07, 6.45) is 0.778. The Bertz CT molecular complexity index is 301. The molecule has 1 N–H and O–H groups in total. The second-order valence-corrected chi connectivity index (χ2v) is 6.36.